The Bertz CT molecular complexity index is 620. The van der Waals surface area contributed by atoms with Gasteiger partial charge in [0, 0.05) is 24.0 Å². The average Bonchev–Trinajstić information content (AvgIpc) is 2.46. The summed E-state index contributed by atoms with van der Waals surface area (Å²) in [5, 5.41) is 0. The fraction of sp³-hybridized carbons (Fsp3) is 0.353. The van der Waals surface area contributed by atoms with E-state index in [0.29, 0.717) is 11.8 Å². The second kappa shape index (κ2) is 8.17. The van der Waals surface area contributed by atoms with E-state index in [9.17, 15) is 17.3 Å². The number of nitrogens with two attached hydrogens (primary N) is 1. The van der Waals surface area contributed by atoms with Gasteiger partial charge < -0.3 is 17.3 Å². The van der Waals surface area contributed by atoms with Crippen molar-refractivity contribution in [3.8, 4) is 11.1 Å². The van der Waals surface area contributed by atoms with E-state index in [0.717, 1.165) is 0 Å². The molecule has 0 saturated carbocycles. The summed E-state index contributed by atoms with van der Waals surface area (Å²) in [7, 11) is -6.00. The third-order valence-corrected chi connectivity index (χ3v) is 3.45. The first-order chi connectivity index (χ1) is 11.0. The highest BCUT2D eigenvalue weighted by Gasteiger charge is 2.22. The van der Waals surface area contributed by atoms with E-state index in [1.165, 1.54) is 22.5 Å². The van der Waals surface area contributed by atoms with Crippen LogP contribution in [0.25, 0.3) is 11.1 Å². The minimum Gasteiger partial charge on any atom is -0.418 e. The summed E-state index contributed by atoms with van der Waals surface area (Å²) in [5.74, 6) is 7.07. The number of pyridine rings is 1. The van der Waals surface area contributed by atoms with Crippen molar-refractivity contribution in [3.05, 3.63) is 53.9 Å². The van der Waals surface area contributed by atoms with E-state index in [-0.39, 0.29) is 0 Å². The summed E-state index contributed by atoms with van der Waals surface area (Å²) in [4.78, 5) is 0. The number of hydrogen-bond acceptors (Lipinski definition) is 1. The molecular formula is C17H23BF4N2. The minimum atomic E-state index is -6.00. The first-order valence-electron chi connectivity index (χ1n) is 7.78. The highest BCUT2D eigenvalue weighted by molar-refractivity contribution is 6.50. The molecule has 2 aromatic rings. The summed E-state index contributed by atoms with van der Waals surface area (Å²) in [6.45, 7) is 8.71. The fourth-order valence-corrected chi connectivity index (χ4v) is 2.34. The molecule has 0 fully saturated rings. The van der Waals surface area contributed by atoms with E-state index in [2.05, 4.69) is 64.1 Å². The van der Waals surface area contributed by atoms with Crippen molar-refractivity contribution < 1.29 is 21.9 Å². The lowest BCUT2D eigenvalue weighted by Gasteiger charge is -2.11. The first-order valence-corrected chi connectivity index (χ1v) is 7.78. The largest absolute Gasteiger partial charge is 0.673 e. The number of nitrogens with zero attached hydrogens (tertiary/aromatic N) is 1. The fourth-order valence-electron chi connectivity index (χ4n) is 2.34. The average molecular weight is 342 g/mol. The number of halogens is 4. The predicted molar refractivity (Wildman–Crippen MR) is 90.6 cm³/mol. The van der Waals surface area contributed by atoms with Gasteiger partial charge in [0.1, 0.15) is 0 Å². The first kappa shape index (κ1) is 20.0. The van der Waals surface area contributed by atoms with E-state index in [1.54, 1.807) is 0 Å². The van der Waals surface area contributed by atoms with Crippen molar-refractivity contribution in [1.29, 1.82) is 0 Å². The van der Waals surface area contributed by atoms with E-state index in [1.807, 2.05) is 10.7 Å². The Balaban J connectivity index is 0.000000505. The molecule has 132 valence electrons. The lowest BCUT2D eigenvalue weighted by atomic mass is 9.98. The Kier molecular flexibility index (Phi) is 6.81. The van der Waals surface area contributed by atoms with Crippen LogP contribution in [0.3, 0.4) is 0 Å². The summed E-state index contributed by atoms with van der Waals surface area (Å²) >= 11 is 0. The zero-order chi connectivity index (χ0) is 18.5. The summed E-state index contributed by atoms with van der Waals surface area (Å²) in [6.07, 6.45) is 0. The van der Waals surface area contributed by atoms with Crippen LogP contribution in [0, 0.1) is 0 Å². The van der Waals surface area contributed by atoms with Crippen LogP contribution >= 0.6 is 0 Å². The van der Waals surface area contributed by atoms with Crippen molar-refractivity contribution in [2.24, 2.45) is 0 Å². The molecule has 0 atom stereocenters. The van der Waals surface area contributed by atoms with Crippen LogP contribution in [0.5, 0.6) is 0 Å². The molecule has 0 amide bonds. The van der Waals surface area contributed by atoms with Gasteiger partial charge in [-0.15, -0.1) is 0 Å². The molecule has 2 nitrogen and oxygen atoms in total. The lowest BCUT2D eigenvalue weighted by molar-refractivity contribution is -0.657. The van der Waals surface area contributed by atoms with Crippen LogP contribution in [0.15, 0.2) is 42.5 Å². The maximum absolute atomic E-state index is 9.75. The monoisotopic (exact) mass is 342 g/mol. The van der Waals surface area contributed by atoms with Crippen LogP contribution in [0.4, 0.5) is 17.3 Å². The summed E-state index contributed by atoms with van der Waals surface area (Å²) < 4.78 is 40.8. The Labute approximate surface area is 140 Å². The van der Waals surface area contributed by atoms with Gasteiger partial charge in [0.15, 0.2) is 0 Å². The molecule has 0 bridgehead atoms. The molecule has 2 rings (SSSR count). The molecule has 0 saturated heterocycles. The van der Waals surface area contributed by atoms with Crippen molar-refractivity contribution in [3.63, 3.8) is 0 Å². The molecule has 1 aromatic heterocycles. The number of aromatic nitrogens is 1. The van der Waals surface area contributed by atoms with Gasteiger partial charge >= 0.3 is 7.25 Å². The Morgan fingerprint density at radius 1 is 0.792 bits per heavy atom. The summed E-state index contributed by atoms with van der Waals surface area (Å²) in [5.41, 5.74) is 4.83. The van der Waals surface area contributed by atoms with Crippen LogP contribution in [-0.2, 0) is 0 Å². The minimum absolute atomic E-state index is 0.408. The summed E-state index contributed by atoms with van der Waals surface area (Å²) in [6, 6.07) is 14.9. The Morgan fingerprint density at radius 3 is 1.50 bits per heavy atom. The van der Waals surface area contributed by atoms with Crippen LogP contribution in [0.1, 0.15) is 50.9 Å². The molecule has 24 heavy (non-hydrogen) atoms. The number of hydrogen-bond donors (Lipinski definition) is 1. The highest BCUT2D eigenvalue weighted by Crippen LogP contribution is 2.25. The van der Waals surface area contributed by atoms with Crippen molar-refractivity contribution in [1.82, 2.24) is 0 Å². The molecular weight excluding hydrogens is 319 g/mol. The van der Waals surface area contributed by atoms with Gasteiger partial charge in [-0.2, -0.15) is 0 Å². The maximum atomic E-state index is 9.75. The third-order valence-electron chi connectivity index (χ3n) is 3.45. The number of rotatable bonds is 3. The highest BCUT2D eigenvalue weighted by atomic mass is 19.5. The quantitative estimate of drug-likeness (QED) is 0.366. The van der Waals surface area contributed by atoms with E-state index >= 15 is 0 Å². The third kappa shape index (κ3) is 6.22. The van der Waals surface area contributed by atoms with Crippen LogP contribution in [-0.4, -0.2) is 7.25 Å². The van der Waals surface area contributed by atoms with Gasteiger partial charge in [-0.25, -0.2) is 5.84 Å². The standard InChI is InChI=1S/C17H23N2.BF4/c1-12(2)16-10-15(14-8-6-5-7-9-14)11-17(13(3)4)19(16)18;2-1(3,4)5/h5-13H,18H2,1-4H3;/q+1;-1. The van der Waals surface area contributed by atoms with Crippen LogP contribution < -0.4 is 10.5 Å². The van der Waals surface area contributed by atoms with Gasteiger partial charge in [0.25, 0.3) is 0 Å². The maximum Gasteiger partial charge on any atom is 0.673 e. The van der Waals surface area contributed by atoms with E-state index < -0.39 is 7.25 Å². The van der Waals surface area contributed by atoms with Gasteiger partial charge in [-0.05, 0) is 11.1 Å². The normalized spacial score (nSPS) is 11.4. The topological polar surface area (TPSA) is 29.9 Å². The van der Waals surface area contributed by atoms with Gasteiger partial charge in [0.05, 0.1) is 0 Å². The van der Waals surface area contributed by atoms with Crippen LogP contribution in [0.2, 0.25) is 0 Å². The van der Waals surface area contributed by atoms with Crippen molar-refractivity contribution >= 4 is 7.25 Å². The Hall–Kier alpha value is -2.05. The van der Waals surface area contributed by atoms with Crippen molar-refractivity contribution in [2.45, 2.75) is 39.5 Å². The molecule has 0 radical (unpaired) electrons. The van der Waals surface area contributed by atoms with Crippen molar-refractivity contribution in [2.75, 3.05) is 5.84 Å². The molecule has 2 N–H and O–H groups in total. The smallest absolute Gasteiger partial charge is 0.418 e. The zero-order valence-corrected chi connectivity index (χ0v) is 14.3. The number of benzene rings is 1. The molecule has 7 heteroatoms. The molecule has 0 spiro atoms. The van der Waals surface area contributed by atoms with E-state index in [4.69, 9.17) is 5.84 Å². The van der Waals surface area contributed by atoms with Gasteiger partial charge in [-0.3, -0.25) is 0 Å². The zero-order valence-electron chi connectivity index (χ0n) is 14.3. The molecule has 0 aliphatic rings. The van der Waals surface area contributed by atoms with Gasteiger partial charge in [-0.1, -0.05) is 62.7 Å². The number of nitrogen functional groups attached to an aromatic ring is 1. The SMILES string of the molecule is CC(C)c1cc(-c2ccccc2)cc(C(C)C)[n+]1N.F[B-](F)(F)F. The molecule has 0 aliphatic carbocycles. The predicted octanol–water partition coefficient (Wildman–Crippen LogP) is 4.90. The second-order valence-corrected chi connectivity index (χ2v) is 6.13. The second-order valence-electron chi connectivity index (χ2n) is 6.13. The lowest BCUT2D eigenvalue weighted by Crippen LogP contribution is -2.52. The molecule has 1 heterocycles. The molecule has 0 unspecified atom stereocenters. The molecule has 0 aliphatic heterocycles. The Morgan fingerprint density at radius 2 is 1.17 bits per heavy atom. The van der Waals surface area contributed by atoms with Gasteiger partial charge in [0.2, 0.25) is 11.4 Å². The molecule has 1 aromatic carbocycles.